The van der Waals surface area contributed by atoms with Gasteiger partial charge in [-0.1, -0.05) is 24.3 Å². The molecule has 0 unspecified atom stereocenters. The highest BCUT2D eigenvalue weighted by Crippen LogP contribution is 2.19. The van der Waals surface area contributed by atoms with Crippen LogP contribution in [0.25, 0.3) is 0 Å². The summed E-state index contributed by atoms with van der Waals surface area (Å²) in [5, 5.41) is 0. The number of piperazine rings is 1. The molecule has 2 aliphatic rings. The van der Waals surface area contributed by atoms with Crippen LogP contribution in [0.15, 0.2) is 54.9 Å². The van der Waals surface area contributed by atoms with Gasteiger partial charge in [0.2, 0.25) is 5.91 Å². The van der Waals surface area contributed by atoms with Crippen molar-refractivity contribution in [3.8, 4) is 0 Å². The average molecular weight is 366 g/mol. The number of piperidine rings is 1. The number of hydrogen-bond donors (Lipinski definition) is 1. The van der Waals surface area contributed by atoms with E-state index in [0.29, 0.717) is 5.91 Å². The third-order valence-electron chi connectivity index (χ3n) is 5.93. The lowest BCUT2D eigenvalue weighted by Gasteiger charge is -2.38. The number of para-hydroxylation sites is 1. The Hall–Kier alpha value is -2.40. The fourth-order valence-corrected chi connectivity index (χ4v) is 4.32. The lowest BCUT2D eigenvalue weighted by atomic mass is 9.94. The van der Waals surface area contributed by atoms with Gasteiger partial charge in [0.25, 0.3) is 0 Å². The van der Waals surface area contributed by atoms with Gasteiger partial charge >= 0.3 is 0 Å². The number of nitrogens with zero attached hydrogens (tertiary/aromatic N) is 3. The Morgan fingerprint density at radius 3 is 2.41 bits per heavy atom. The Morgan fingerprint density at radius 1 is 1.00 bits per heavy atom. The number of likely N-dealkylation sites (tertiary alicyclic amines) is 1. The van der Waals surface area contributed by atoms with Crippen molar-refractivity contribution in [2.45, 2.75) is 19.4 Å². The van der Waals surface area contributed by atoms with Crippen molar-refractivity contribution in [3.05, 3.63) is 60.4 Å². The summed E-state index contributed by atoms with van der Waals surface area (Å²) in [7, 11) is 0. The zero-order valence-corrected chi connectivity index (χ0v) is 15.9. The first kappa shape index (κ1) is 18.0. The zero-order valence-electron chi connectivity index (χ0n) is 15.9. The van der Waals surface area contributed by atoms with Crippen molar-refractivity contribution < 1.29 is 9.69 Å². The predicted molar refractivity (Wildman–Crippen MR) is 107 cm³/mol. The molecule has 0 atom stereocenters. The van der Waals surface area contributed by atoms with Gasteiger partial charge in [-0.3, -0.25) is 9.78 Å². The quantitative estimate of drug-likeness (QED) is 0.886. The van der Waals surface area contributed by atoms with Crippen LogP contribution in [0.1, 0.15) is 18.4 Å². The van der Waals surface area contributed by atoms with Crippen LogP contribution in [0.5, 0.6) is 0 Å². The van der Waals surface area contributed by atoms with Crippen molar-refractivity contribution in [1.82, 2.24) is 9.88 Å². The summed E-state index contributed by atoms with van der Waals surface area (Å²) in [6.45, 7) is 6.73. The minimum atomic E-state index is 0.214. The van der Waals surface area contributed by atoms with Crippen LogP contribution in [0.3, 0.4) is 0 Å². The Bertz CT molecular complexity index is 720. The van der Waals surface area contributed by atoms with Crippen LogP contribution < -0.4 is 9.80 Å². The molecular formula is C22H29N4O+. The summed E-state index contributed by atoms with van der Waals surface area (Å²) in [6, 6.07) is 14.6. The molecule has 1 N–H and O–H groups in total. The molecule has 5 nitrogen and oxygen atoms in total. The molecule has 142 valence electrons. The first-order chi connectivity index (χ1) is 13.3. The standard InChI is InChI=1S/C22H28N4O/c27-22(26-15-13-25(14-16-26)21-6-2-1-3-7-21)20-8-11-24(12-9-20)18-19-5-4-10-23-17-19/h1-7,10,17,20H,8-9,11-16,18H2/p+1. The molecular weight excluding hydrogens is 336 g/mol. The number of rotatable bonds is 4. The molecule has 1 aromatic carbocycles. The van der Waals surface area contributed by atoms with E-state index in [2.05, 4.69) is 45.1 Å². The van der Waals surface area contributed by atoms with Crippen molar-refractivity contribution in [2.75, 3.05) is 44.2 Å². The number of pyridine rings is 1. The van der Waals surface area contributed by atoms with Gasteiger partial charge in [0.05, 0.1) is 13.1 Å². The maximum absolute atomic E-state index is 12.9. The monoisotopic (exact) mass is 365 g/mol. The van der Waals surface area contributed by atoms with Crippen LogP contribution in [0.2, 0.25) is 0 Å². The molecule has 1 aromatic heterocycles. The van der Waals surface area contributed by atoms with E-state index in [-0.39, 0.29) is 5.92 Å². The minimum Gasteiger partial charge on any atom is -0.368 e. The number of carbonyl (C=O) groups excluding carboxylic acids is 1. The van der Waals surface area contributed by atoms with Crippen molar-refractivity contribution in [3.63, 3.8) is 0 Å². The second-order valence-electron chi connectivity index (χ2n) is 7.71. The largest absolute Gasteiger partial charge is 0.368 e. The molecule has 0 spiro atoms. The number of carbonyl (C=O) groups is 1. The summed E-state index contributed by atoms with van der Waals surface area (Å²) < 4.78 is 0. The maximum Gasteiger partial charge on any atom is 0.226 e. The van der Waals surface area contributed by atoms with Gasteiger partial charge in [0, 0.05) is 68.6 Å². The van der Waals surface area contributed by atoms with Crippen LogP contribution in [-0.4, -0.2) is 55.1 Å². The lowest BCUT2D eigenvalue weighted by molar-refractivity contribution is -0.919. The summed E-state index contributed by atoms with van der Waals surface area (Å²) in [5.74, 6) is 0.592. The highest BCUT2D eigenvalue weighted by atomic mass is 16.2. The average Bonchev–Trinajstić information content (AvgIpc) is 2.75. The fraction of sp³-hybridized carbons (Fsp3) is 0.455. The molecule has 2 fully saturated rings. The van der Waals surface area contributed by atoms with Gasteiger partial charge in [0.1, 0.15) is 6.54 Å². The number of quaternary nitrogens is 1. The fourth-order valence-electron chi connectivity index (χ4n) is 4.32. The molecule has 0 bridgehead atoms. The Balaban J connectivity index is 1.24. The Kier molecular flexibility index (Phi) is 5.68. The predicted octanol–water partition coefficient (Wildman–Crippen LogP) is 1.23. The smallest absolute Gasteiger partial charge is 0.226 e. The van der Waals surface area contributed by atoms with E-state index in [1.807, 2.05) is 24.5 Å². The maximum atomic E-state index is 12.9. The summed E-state index contributed by atoms with van der Waals surface area (Å²) in [5.41, 5.74) is 2.55. The van der Waals surface area contributed by atoms with Crippen LogP contribution in [-0.2, 0) is 11.3 Å². The van der Waals surface area contributed by atoms with Crippen LogP contribution in [0, 0.1) is 5.92 Å². The number of amides is 1. The normalized spacial score (nSPS) is 23.3. The van der Waals surface area contributed by atoms with Crippen LogP contribution >= 0.6 is 0 Å². The SMILES string of the molecule is O=C(C1CC[NH+](Cc2cccnc2)CC1)N1CCN(c2ccccc2)CC1. The second-order valence-corrected chi connectivity index (χ2v) is 7.71. The van der Waals surface area contributed by atoms with E-state index in [1.54, 1.807) is 4.90 Å². The van der Waals surface area contributed by atoms with Gasteiger partial charge in [-0.2, -0.15) is 0 Å². The molecule has 5 heteroatoms. The van der Waals surface area contributed by atoms with E-state index in [1.165, 1.54) is 11.3 Å². The second kappa shape index (κ2) is 8.53. The third-order valence-corrected chi connectivity index (χ3v) is 5.93. The molecule has 2 saturated heterocycles. The van der Waals surface area contributed by atoms with Crippen molar-refractivity contribution >= 4 is 11.6 Å². The van der Waals surface area contributed by atoms with Crippen LogP contribution in [0.4, 0.5) is 5.69 Å². The Morgan fingerprint density at radius 2 is 1.74 bits per heavy atom. The number of hydrogen-bond acceptors (Lipinski definition) is 3. The number of aromatic nitrogens is 1. The number of anilines is 1. The van der Waals surface area contributed by atoms with Crippen molar-refractivity contribution in [2.24, 2.45) is 5.92 Å². The van der Waals surface area contributed by atoms with Gasteiger partial charge < -0.3 is 14.7 Å². The van der Waals surface area contributed by atoms with Gasteiger partial charge in [0.15, 0.2) is 0 Å². The molecule has 0 aliphatic carbocycles. The van der Waals surface area contributed by atoms with Crippen molar-refractivity contribution in [1.29, 1.82) is 0 Å². The van der Waals surface area contributed by atoms with E-state index >= 15 is 0 Å². The van der Waals surface area contributed by atoms with Gasteiger partial charge in [-0.25, -0.2) is 0 Å². The number of nitrogens with one attached hydrogen (secondary N) is 1. The molecule has 4 rings (SSSR count). The Labute approximate surface area is 161 Å². The van der Waals surface area contributed by atoms with E-state index in [0.717, 1.165) is 58.7 Å². The highest BCUT2D eigenvalue weighted by molar-refractivity contribution is 5.79. The summed E-state index contributed by atoms with van der Waals surface area (Å²) >= 11 is 0. The van der Waals surface area contributed by atoms with Gasteiger partial charge in [-0.05, 0) is 18.2 Å². The topological polar surface area (TPSA) is 40.9 Å². The first-order valence-corrected chi connectivity index (χ1v) is 10.1. The molecule has 2 aromatic rings. The zero-order chi connectivity index (χ0) is 18.5. The lowest BCUT2D eigenvalue weighted by Crippen LogP contribution is -3.11. The molecule has 1 amide bonds. The summed E-state index contributed by atoms with van der Waals surface area (Å²) in [4.78, 5) is 23.2. The van der Waals surface area contributed by atoms with E-state index in [9.17, 15) is 4.79 Å². The molecule has 0 radical (unpaired) electrons. The minimum absolute atomic E-state index is 0.214. The van der Waals surface area contributed by atoms with E-state index in [4.69, 9.17) is 0 Å². The number of benzene rings is 1. The van der Waals surface area contributed by atoms with Gasteiger partial charge in [-0.15, -0.1) is 0 Å². The molecule has 3 heterocycles. The third kappa shape index (κ3) is 4.48. The molecule has 2 aliphatic heterocycles. The van der Waals surface area contributed by atoms with E-state index < -0.39 is 0 Å². The summed E-state index contributed by atoms with van der Waals surface area (Å²) in [6.07, 6.45) is 5.79. The molecule has 27 heavy (non-hydrogen) atoms. The molecule has 0 saturated carbocycles. The first-order valence-electron chi connectivity index (χ1n) is 10.1. The highest BCUT2D eigenvalue weighted by Gasteiger charge is 2.32.